The smallest absolute Gasteiger partial charge is 0.145 e. The first-order chi connectivity index (χ1) is 8.17. The van der Waals surface area contributed by atoms with Crippen LogP contribution in [0, 0.1) is 6.92 Å². The van der Waals surface area contributed by atoms with E-state index in [1.54, 1.807) is 7.11 Å². The predicted molar refractivity (Wildman–Crippen MR) is 70.8 cm³/mol. The quantitative estimate of drug-likeness (QED) is 0.911. The number of fused-ring (bicyclic) bond motifs is 1. The Bertz CT molecular complexity index is 555. The number of benzene rings is 1. The Balaban J connectivity index is 2.73. The summed E-state index contributed by atoms with van der Waals surface area (Å²) in [5.74, 6) is 0.739. The lowest BCUT2D eigenvalue weighted by atomic mass is 10.1. The van der Waals surface area contributed by atoms with Crippen LogP contribution in [0.5, 0.6) is 5.75 Å². The SMILES string of the molecule is COc1ccc(Cl)c2cc(C)c(CCN)nc12. The number of nitrogens with zero attached hydrogens (tertiary/aromatic N) is 1. The van der Waals surface area contributed by atoms with Crippen LogP contribution in [0.1, 0.15) is 11.3 Å². The molecular weight excluding hydrogens is 236 g/mol. The van der Waals surface area contributed by atoms with Gasteiger partial charge in [-0.25, -0.2) is 4.98 Å². The number of pyridine rings is 1. The van der Waals surface area contributed by atoms with Gasteiger partial charge in [0.15, 0.2) is 0 Å². The predicted octanol–water partition coefficient (Wildman–Crippen LogP) is 2.71. The Hall–Kier alpha value is -1.32. The zero-order valence-corrected chi connectivity index (χ0v) is 10.7. The molecule has 0 saturated heterocycles. The maximum absolute atomic E-state index is 6.17. The molecule has 17 heavy (non-hydrogen) atoms. The summed E-state index contributed by atoms with van der Waals surface area (Å²) in [5.41, 5.74) is 8.49. The zero-order valence-electron chi connectivity index (χ0n) is 9.96. The van der Waals surface area contributed by atoms with Crippen LogP contribution >= 0.6 is 11.6 Å². The van der Waals surface area contributed by atoms with E-state index in [1.165, 1.54) is 0 Å². The maximum Gasteiger partial charge on any atom is 0.145 e. The van der Waals surface area contributed by atoms with Crippen molar-refractivity contribution in [1.82, 2.24) is 4.98 Å². The fourth-order valence-corrected chi connectivity index (χ4v) is 2.10. The van der Waals surface area contributed by atoms with Crippen LogP contribution < -0.4 is 10.5 Å². The Kier molecular flexibility index (Phi) is 3.50. The first-order valence-corrected chi connectivity index (χ1v) is 5.88. The van der Waals surface area contributed by atoms with E-state index in [0.717, 1.165) is 34.3 Å². The molecule has 2 aromatic rings. The van der Waals surface area contributed by atoms with Gasteiger partial charge in [-0.15, -0.1) is 0 Å². The number of methoxy groups -OCH3 is 1. The van der Waals surface area contributed by atoms with Gasteiger partial charge < -0.3 is 10.5 Å². The average Bonchev–Trinajstić information content (AvgIpc) is 2.32. The Labute approximate surface area is 106 Å². The Morgan fingerprint density at radius 1 is 1.41 bits per heavy atom. The topological polar surface area (TPSA) is 48.1 Å². The number of halogens is 1. The summed E-state index contributed by atoms with van der Waals surface area (Å²) in [5, 5.41) is 1.61. The number of hydrogen-bond acceptors (Lipinski definition) is 3. The second-order valence-corrected chi connectivity index (χ2v) is 4.34. The van der Waals surface area contributed by atoms with Crippen LogP contribution in [0.3, 0.4) is 0 Å². The molecule has 0 atom stereocenters. The van der Waals surface area contributed by atoms with E-state index in [-0.39, 0.29) is 0 Å². The Morgan fingerprint density at radius 2 is 2.18 bits per heavy atom. The number of aromatic nitrogens is 1. The molecule has 1 aromatic heterocycles. The van der Waals surface area contributed by atoms with Crippen molar-refractivity contribution in [2.45, 2.75) is 13.3 Å². The number of hydrogen-bond donors (Lipinski definition) is 1. The van der Waals surface area contributed by atoms with Gasteiger partial charge in [0.1, 0.15) is 11.3 Å². The van der Waals surface area contributed by atoms with Crippen LogP contribution in [-0.2, 0) is 6.42 Å². The van der Waals surface area contributed by atoms with Crippen LogP contribution in [0.4, 0.5) is 0 Å². The first-order valence-electron chi connectivity index (χ1n) is 5.50. The van der Waals surface area contributed by atoms with Crippen molar-refractivity contribution in [3.05, 3.63) is 34.5 Å². The van der Waals surface area contributed by atoms with Crippen LogP contribution in [0.25, 0.3) is 10.9 Å². The van der Waals surface area contributed by atoms with Crippen molar-refractivity contribution < 1.29 is 4.74 Å². The van der Waals surface area contributed by atoms with Crippen LogP contribution in [-0.4, -0.2) is 18.6 Å². The second kappa shape index (κ2) is 4.90. The summed E-state index contributed by atoms with van der Waals surface area (Å²) in [6, 6.07) is 5.70. The molecule has 0 radical (unpaired) electrons. The summed E-state index contributed by atoms with van der Waals surface area (Å²) in [6.45, 7) is 2.61. The van der Waals surface area contributed by atoms with Gasteiger partial charge >= 0.3 is 0 Å². The normalized spacial score (nSPS) is 10.8. The molecule has 90 valence electrons. The molecule has 0 amide bonds. The number of nitrogens with two attached hydrogens (primary N) is 1. The molecule has 0 fully saturated rings. The van der Waals surface area contributed by atoms with Crippen molar-refractivity contribution >= 4 is 22.5 Å². The number of ether oxygens (including phenoxy) is 1. The minimum absolute atomic E-state index is 0.586. The van der Waals surface area contributed by atoms with Gasteiger partial charge in [0.2, 0.25) is 0 Å². The fourth-order valence-electron chi connectivity index (χ4n) is 1.89. The van der Waals surface area contributed by atoms with Crippen molar-refractivity contribution in [1.29, 1.82) is 0 Å². The van der Waals surface area contributed by atoms with Gasteiger partial charge in [-0.1, -0.05) is 11.6 Å². The molecule has 0 aliphatic heterocycles. The van der Waals surface area contributed by atoms with E-state index < -0.39 is 0 Å². The molecule has 0 saturated carbocycles. The minimum Gasteiger partial charge on any atom is -0.494 e. The van der Waals surface area contributed by atoms with Crippen LogP contribution in [0.2, 0.25) is 5.02 Å². The molecule has 0 bridgehead atoms. The van der Waals surface area contributed by atoms with Crippen LogP contribution in [0.15, 0.2) is 18.2 Å². The van der Waals surface area contributed by atoms with Gasteiger partial charge in [0.05, 0.1) is 12.1 Å². The van der Waals surface area contributed by atoms with E-state index in [1.807, 2.05) is 25.1 Å². The molecule has 0 aliphatic carbocycles. The third kappa shape index (κ3) is 2.21. The summed E-state index contributed by atoms with van der Waals surface area (Å²) >= 11 is 6.17. The monoisotopic (exact) mass is 250 g/mol. The van der Waals surface area contributed by atoms with Gasteiger partial charge in [-0.05, 0) is 37.2 Å². The summed E-state index contributed by atoms with van der Waals surface area (Å²) < 4.78 is 5.30. The molecule has 0 unspecified atom stereocenters. The van der Waals surface area contributed by atoms with Gasteiger partial charge in [-0.3, -0.25) is 0 Å². The van der Waals surface area contributed by atoms with Gasteiger partial charge in [0, 0.05) is 17.5 Å². The molecule has 4 heteroatoms. The molecule has 1 aromatic carbocycles. The first kappa shape index (κ1) is 12.1. The van der Waals surface area contributed by atoms with E-state index in [9.17, 15) is 0 Å². The highest BCUT2D eigenvalue weighted by molar-refractivity contribution is 6.35. The van der Waals surface area contributed by atoms with E-state index >= 15 is 0 Å². The maximum atomic E-state index is 6.17. The second-order valence-electron chi connectivity index (χ2n) is 3.94. The molecule has 2 rings (SSSR count). The highest BCUT2D eigenvalue weighted by atomic mass is 35.5. The number of aryl methyl sites for hydroxylation is 1. The molecule has 1 heterocycles. The lowest BCUT2D eigenvalue weighted by Crippen LogP contribution is -2.06. The molecule has 2 N–H and O–H groups in total. The third-order valence-corrected chi connectivity index (χ3v) is 3.12. The highest BCUT2D eigenvalue weighted by Crippen LogP contribution is 2.31. The lowest BCUT2D eigenvalue weighted by Gasteiger charge is -2.10. The molecule has 0 spiro atoms. The van der Waals surface area contributed by atoms with Crippen molar-refractivity contribution in [3.8, 4) is 5.75 Å². The molecular formula is C13H15ClN2O. The summed E-state index contributed by atoms with van der Waals surface area (Å²) in [6.07, 6.45) is 0.761. The van der Waals surface area contributed by atoms with E-state index in [2.05, 4.69) is 4.98 Å². The Morgan fingerprint density at radius 3 is 2.82 bits per heavy atom. The number of rotatable bonds is 3. The fraction of sp³-hybridized carbons (Fsp3) is 0.308. The van der Waals surface area contributed by atoms with Gasteiger partial charge in [-0.2, -0.15) is 0 Å². The standard InChI is InChI=1S/C13H15ClN2O/c1-8-7-9-10(14)3-4-12(17-2)13(9)16-11(8)5-6-15/h3-4,7H,5-6,15H2,1-2H3. The molecule has 0 aliphatic rings. The van der Waals surface area contributed by atoms with E-state index in [0.29, 0.717) is 11.6 Å². The zero-order chi connectivity index (χ0) is 12.4. The molecule has 3 nitrogen and oxygen atoms in total. The van der Waals surface area contributed by atoms with E-state index in [4.69, 9.17) is 22.1 Å². The van der Waals surface area contributed by atoms with Gasteiger partial charge in [0.25, 0.3) is 0 Å². The summed E-state index contributed by atoms with van der Waals surface area (Å²) in [4.78, 5) is 4.61. The lowest BCUT2D eigenvalue weighted by molar-refractivity contribution is 0.419. The minimum atomic E-state index is 0.586. The highest BCUT2D eigenvalue weighted by Gasteiger charge is 2.10. The summed E-state index contributed by atoms with van der Waals surface area (Å²) in [7, 11) is 1.63. The van der Waals surface area contributed by atoms with Crippen molar-refractivity contribution in [3.63, 3.8) is 0 Å². The largest absolute Gasteiger partial charge is 0.494 e. The average molecular weight is 251 g/mol. The van der Waals surface area contributed by atoms with Crippen molar-refractivity contribution in [2.75, 3.05) is 13.7 Å². The third-order valence-electron chi connectivity index (χ3n) is 2.79. The van der Waals surface area contributed by atoms with Crippen molar-refractivity contribution in [2.24, 2.45) is 5.73 Å².